The molecule has 1 heterocycles. The minimum atomic E-state index is -0.427. The van der Waals surface area contributed by atoms with E-state index in [1.807, 2.05) is 4.90 Å². The fraction of sp³-hybridized carbons (Fsp3) is 0.500. The van der Waals surface area contributed by atoms with E-state index >= 15 is 0 Å². The van der Waals surface area contributed by atoms with Crippen molar-refractivity contribution in [3.8, 4) is 0 Å². The van der Waals surface area contributed by atoms with Gasteiger partial charge in [0.1, 0.15) is 5.82 Å². The van der Waals surface area contributed by atoms with Crippen molar-refractivity contribution in [3.05, 3.63) is 34.6 Å². The highest BCUT2D eigenvalue weighted by Crippen LogP contribution is 2.15. The molecular weight excluding hydrogens is 281 g/mol. The highest BCUT2D eigenvalue weighted by Gasteiger charge is 2.18. The SMILES string of the molecule is CN1CCN(C(=O)CNCc2ccc(F)c(Cl)c2)CC1. The van der Waals surface area contributed by atoms with E-state index < -0.39 is 5.82 Å². The minimum absolute atomic E-state index is 0.103. The van der Waals surface area contributed by atoms with Crippen LogP contribution in [0.5, 0.6) is 0 Å². The molecule has 2 rings (SSSR count). The van der Waals surface area contributed by atoms with E-state index in [0.29, 0.717) is 13.1 Å². The third-order valence-corrected chi connectivity index (χ3v) is 3.73. The monoisotopic (exact) mass is 299 g/mol. The van der Waals surface area contributed by atoms with Gasteiger partial charge in [-0.05, 0) is 24.7 Å². The Labute approximate surface area is 123 Å². The molecule has 0 spiro atoms. The number of piperazine rings is 1. The zero-order chi connectivity index (χ0) is 14.5. The second kappa shape index (κ2) is 7.02. The third kappa shape index (κ3) is 4.16. The Morgan fingerprint density at radius 1 is 1.35 bits per heavy atom. The largest absolute Gasteiger partial charge is 0.339 e. The number of halogens is 2. The zero-order valence-corrected chi connectivity index (χ0v) is 12.3. The summed E-state index contributed by atoms with van der Waals surface area (Å²) in [4.78, 5) is 16.0. The molecule has 1 aliphatic heterocycles. The van der Waals surface area contributed by atoms with Crippen LogP contribution in [0.15, 0.2) is 18.2 Å². The number of nitrogens with zero attached hydrogens (tertiary/aromatic N) is 2. The van der Waals surface area contributed by atoms with Gasteiger partial charge in [0.05, 0.1) is 11.6 Å². The Balaban J connectivity index is 1.75. The number of carbonyl (C=O) groups is 1. The summed E-state index contributed by atoms with van der Waals surface area (Å²) in [5.41, 5.74) is 0.863. The van der Waals surface area contributed by atoms with Gasteiger partial charge in [0.25, 0.3) is 0 Å². The maximum absolute atomic E-state index is 13.0. The van der Waals surface area contributed by atoms with Crippen molar-refractivity contribution in [2.24, 2.45) is 0 Å². The summed E-state index contributed by atoms with van der Waals surface area (Å²) < 4.78 is 13.0. The number of hydrogen-bond acceptors (Lipinski definition) is 3. The second-order valence-electron chi connectivity index (χ2n) is 5.04. The summed E-state index contributed by atoms with van der Waals surface area (Å²) in [5.74, 6) is -0.324. The van der Waals surface area contributed by atoms with Crippen molar-refractivity contribution >= 4 is 17.5 Å². The fourth-order valence-electron chi connectivity index (χ4n) is 2.13. The molecular formula is C14H19ClFN3O. The zero-order valence-electron chi connectivity index (χ0n) is 11.5. The van der Waals surface area contributed by atoms with Crippen LogP contribution in [-0.4, -0.2) is 55.5 Å². The standard InChI is InChI=1S/C14H19ClFN3O/c1-18-4-6-19(7-5-18)14(20)10-17-9-11-2-3-13(16)12(15)8-11/h2-3,8,17H,4-7,9-10H2,1H3. The van der Waals surface area contributed by atoms with Crippen LogP contribution < -0.4 is 5.32 Å². The van der Waals surface area contributed by atoms with E-state index in [1.165, 1.54) is 6.07 Å². The number of likely N-dealkylation sites (N-methyl/N-ethyl adjacent to an activating group) is 1. The molecule has 1 amide bonds. The topological polar surface area (TPSA) is 35.6 Å². The molecule has 0 unspecified atom stereocenters. The number of benzene rings is 1. The summed E-state index contributed by atoms with van der Waals surface area (Å²) in [6, 6.07) is 4.57. The molecule has 1 saturated heterocycles. The van der Waals surface area contributed by atoms with Crippen LogP contribution in [0.4, 0.5) is 4.39 Å². The predicted octanol–water partition coefficient (Wildman–Crippen LogP) is 1.34. The Kier molecular flexibility index (Phi) is 5.34. The molecule has 1 aromatic carbocycles. The number of rotatable bonds is 4. The molecule has 0 aromatic heterocycles. The fourth-order valence-corrected chi connectivity index (χ4v) is 2.33. The Bertz CT molecular complexity index is 475. The van der Waals surface area contributed by atoms with Crippen LogP contribution in [0.2, 0.25) is 5.02 Å². The van der Waals surface area contributed by atoms with Gasteiger partial charge in [-0.25, -0.2) is 4.39 Å². The summed E-state index contributed by atoms with van der Waals surface area (Å²) in [5, 5.41) is 3.18. The normalized spacial score (nSPS) is 16.4. The van der Waals surface area contributed by atoms with Crippen molar-refractivity contribution in [1.29, 1.82) is 0 Å². The first-order valence-corrected chi connectivity index (χ1v) is 7.05. The smallest absolute Gasteiger partial charge is 0.236 e. The van der Waals surface area contributed by atoms with Crippen LogP contribution in [0.3, 0.4) is 0 Å². The molecule has 0 saturated carbocycles. The number of nitrogens with one attached hydrogen (secondary N) is 1. The first-order valence-electron chi connectivity index (χ1n) is 6.67. The maximum Gasteiger partial charge on any atom is 0.236 e. The van der Waals surface area contributed by atoms with Crippen LogP contribution in [0, 0.1) is 5.82 Å². The summed E-state index contributed by atoms with van der Waals surface area (Å²) in [6.45, 7) is 4.18. The Hall–Kier alpha value is -1.17. The van der Waals surface area contributed by atoms with Gasteiger partial charge in [0, 0.05) is 32.7 Å². The molecule has 1 N–H and O–H groups in total. The van der Waals surface area contributed by atoms with Gasteiger partial charge in [-0.15, -0.1) is 0 Å². The van der Waals surface area contributed by atoms with Crippen molar-refractivity contribution in [3.63, 3.8) is 0 Å². The van der Waals surface area contributed by atoms with Crippen LogP contribution in [-0.2, 0) is 11.3 Å². The predicted molar refractivity (Wildman–Crippen MR) is 77.2 cm³/mol. The molecule has 4 nitrogen and oxygen atoms in total. The lowest BCUT2D eigenvalue weighted by molar-refractivity contribution is -0.131. The summed E-state index contributed by atoms with van der Waals surface area (Å²) >= 11 is 5.71. The van der Waals surface area contributed by atoms with Crippen LogP contribution in [0.25, 0.3) is 0 Å². The third-order valence-electron chi connectivity index (χ3n) is 3.45. The quantitative estimate of drug-likeness (QED) is 0.911. The van der Waals surface area contributed by atoms with Gasteiger partial charge in [-0.1, -0.05) is 17.7 Å². The molecule has 1 fully saturated rings. The number of carbonyl (C=O) groups excluding carboxylic acids is 1. The van der Waals surface area contributed by atoms with Gasteiger partial charge in [-0.3, -0.25) is 4.79 Å². The summed E-state index contributed by atoms with van der Waals surface area (Å²) in [6.07, 6.45) is 0. The number of amides is 1. The van der Waals surface area contributed by atoms with Gasteiger partial charge < -0.3 is 15.1 Å². The van der Waals surface area contributed by atoms with E-state index in [0.717, 1.165) is 31.7 Å². The first-order chi connectivity index (χ1) is 9.56. The molecule has 1 aromatic rings. The van der Waals surface area contributed by atoms with Gasteiger partial charge in [0.15, 0.2) is 0 Å². The van der Waals surface area contributed by atoms with E-state index in [1.54, 1.807) is 12.1 Å². The Morgan fingerprint density at radius 2 is 2.05 bits per heavy atom. The molecule has 6 heteroatoms. The molecule has 0 radical (unpaired) electrons. The lowest BCUT2D eigenvalue weighted by Crippen LogP contribution is -2.49. The van der Waals surface area contributed by atoms with Gasteiger partial charge >= 0.3 is 0 Å². The van der Waals surface area contributed by atoms with Crippen LogP contribution in [0.1, 0.15) is 5.56 Å². The van der Waals surface area contributed by atoms with Gasteiger partial charge in [-0.2, -0.15) is 0 Å². The van der Waals surface area contributed by atoms with Crippen molar-refractivity contribution in [2.75, 3.05) is 39.8 Å². The van der Waals surface area contributed by atoms with Crippen molar-refractivity contribution < 1.29 is 9.18 Å². The molecule has 0 aliphatic carbocycles. The first kappa shape index (κ1) is 15.2. The lowest BCUT2D eigenvalue weighted by atomic mass is 10.2. The van der Waals surface area contributed by atoms with E-state index in [4.69, 9.17) is 11.6 Å². The molecule has 110 valence electrons. The highest BCUT2D eigenvalue weighted by atomic mass is 35.5. The van der Waals surface area contributed by atoms with E-state index in [-0.39, 0.29) is 10.9 Å². The Morgan fingerprint density at radius 3 is 2.70 bits per heavy atom. The number of hydrogen-bond donors (Lipinski definition) is 1. The average molecular weight is 300 g/mol. The summed E-state index contributed by atoms with van der Waals surface area (Å²) in [7, 11) is 2.05. The van der Waals surface area contributed by atoms with Crippen LogP contribution >= 0.6 is 11.6 Å². The average Bonchev–Trinajstić information content (AvgIpc) is 2.43. The van der Waals surface area contributed by atoms with Gasteiger partial charge in [0.2, 0.25) is 5.91 Å². The van der Waals surface area contributed by atoms with E-state index in [2.05, 4.69) is 17.3 Å². The van der Waals surface area contributed by atoms with E-state index in [9.17, 15) is 9.18 Å². The maximum atomic E-state index is 13.0. The highest BCUT2D eigenvalue weighted by molar-refractivity contribution is 6.30. The van der Waals surface area contributed by atoms with Crippen molar-refractivity contribution in [1.82, 2.24) is 15.1 Å². The van der Waals surface area contributed by atoms with Crippen molar-refractivity contribution in [2.45, 2.75) is 6.54 Å². The molecule has 0 bridgehead atoms. The molecule has 0 atom stereocenters. The lowest BCUT2D eigenvalue weighted by Gasteiger charge is -2.32. The molecule has 20 heavy (non-hydrogen) atoms. The molecule has 1 aliphatic rings. The minimum Gasteiger partial charge on any atom is -0.339 e. The second-order valence-corrected chi connectivity index (χ2v) is 5.44.